The average Bonchev–Trinajstić information content (AvgIpc) is 3.87. The number of hydrogen-bond acceptors (Lipinski definition) is 10. The standard InChI is InChI=1S/C37H34N4O6S/c1-5-33-38-29(23-48-33)18-17-27-20-41(30-14-7-6-8-15-30)40-36(27)46-21-28-13-10-16-32(34(28)43-3)45-22-31-24(2)47-35(39-31)25-11-9-12-26(19-25)37(42)44-4/h6-20,23H,5,21-22H2,1-4H3. The van der Waals surface area contributed by atoms with Crippen molar-refractivity contribution in [2.24, 2.45) is 0 Å². The Morgan fingerprint density at radius 1 is 0.958 bits per heavy atom. The molecular formula is C37H34N4O6S. The van der Waals surface area contributed by atoms with Gasteiger partial charge in [-0.15, -0.1) is 16.4 Å². The molecular weight excluding hydrogens is 628 g/mol. The van der Waals surface area contributed by atoms with Crippen molar-refractivity contribution < 1.29 is 28.2 Å². The summed E-state index contributed by atoms with van der Waals surface area (Å²) >= 11 is 1.64. The number of ether oxygens (including phenoxy) is 4. The lowest BCUT2D eigenvalue weighted by atomic mass is 10.1. The van der Waals surface area contributed by atoms with Gasteiger partial charge in [-0.3, -0.25) is 0 Å². The minimum absolute atomic E-state index is 0.138. The van der Waals surface area contributed by atoms with Gasteiger partial charge in [-0.05, 0) is 61.9 Å². The van der Waals surface area contributed by atoms with E-state index in [1.165, 1.54) is 7.11 Å². The van der Waals surface area contributed by atoms with E-state index >= 15 is 0 Å². The van der Waals surface area contributed by atoms with Gasteiger partial charge in [-0.2, -0.15) is 0 Å². The Labute approximate surface area is 282 Å². The summed E-state index contributed by atoms with van der Waals surface area (Å²) in [6.07, 6.45) is 6.77. The van der Waals surface area contributed by atoms with Crippen molar-refractivity contribution in [3.8, 4) is 34.5 Å². The molecule has 0 saturated heterocycles. The third-order valence-electron chi connectivity index (χ3n) is 7.45. The number of methoxy groups -OCH3 is 2. The number of aromatic nitrogens is 4. The van der Waals surface area contributed by atoms with E-state index in [2.05, 4.69) is 16.9 Å². The lowest BCUT2D eigenvalue weighted by Gasteiger charge is -2.14. The highest BCUT2D eigenvalue weighted by Crippen LogP contribution is 2.34. The molecule has 0 aliphatic carbocycles. The zero-order chi connectivity index (χ0) is 33.5. The molecule has 3 aromatic carbocycles. The zero-order valence-corrected chi connectivity index (χ0v) is 27.8. The van der Waals surface area contributed by atoms with Gasteiger partial charge in [0.2, 0.25) is 11.8 Å². The molecule has 0 radical (unpaired) electrons. The molecule has 0 bridgehead atoms. The van der Waals surface area contributed by atoms with Gasteiger partial charge < -0.3 is 23.4 Å². The Bertz CT molecular complexity index is 2050. The van der Waals surface area contributed by atoms with Gasteiger partial charge in [0.25, 0.3) is 0 Å². The third kappa shape index (κ3) is 7.31. The topological polar surface area (TPSA) is 111 Å². The fourth-order valence-corrected chi connectivity index (χ4v) is 5.66. The Morgan fingerprint density at radius 3 is 2.56 bits per heavy atom. The zero-order valence-electron chi connectivity index (χ0n) is 27.0. The van der Waals surface area contributed by atoms with Gasteiger partial charge in [0.05, 0.1) is 41.7 Å². The predicted molar refractivity (Wildman–Crippen MR) is 184 cm³/mol. The summed E-state index contributed by atoms with van der Waals surface area (Å²) < 4.78 is 30.8. The molecule has 0 amide bonds. The second kappa shape index (κ2) is 14.8. The molecule has 3 aromatic heterocycles. The van der Waals surface area contributed by atoms with Gasteiger partial charge in [0, 0.05) is 22.7 Å². The maximum atomic E-state index is 12.0. The van der Waals surface area contributed by atoms with E-state index in [9.17, 15) is 4.79 Å². The number of rotatable bonds is 13. The summed E-state index contributed by atoms with van der Waals surface area (Å²) in [7, 11) is 2.94. The Balaban J connectivity index is 1.19. The summed E-state index contributed by atoms with van der Waals surface area (Å²) in [6, 6.07) is 22.4. The number of para-hydroxylation sites is 2. The van der Waals surface area contributed by atoms with Crippen LogP contribution in [0.5, 0.6) is 17.4 Å². The number of nitrogens with zero attached hydrogens (tertiary/aromatic N) is 4. The van der Waals surface area contributed by atoms with Crippen LogP contribution in [0.25, 0.3) is 29.3 Å². The number of hydrogen-bond donors (Lipinski definition) is 0. The summed E-state index contributed by atoms with van der Waals surface area (Å²) in [5.41, 5.74) is 5.09. The van der Waals surface area contributed by atoms with Crippen LogP contribution in [-0.2, 0) is 24.4 Å². The normalized spacial score (nSPS) is 11.2. The maximum Gasteiger partial charge on any atom is 0.337 e. The lowest BCUT2D eigenvalue weighted by Crippen LogP contribution is -2.04. The van der Waals surface area contributed by atoms with E-state index < -0.39 is 5.97 Å². The Morgan fingerprint density at radius 2 is 1.79 bits per heavy atom. The summed E-state index contributed by atoms with van der Waals surface area (Å²) in [5.74, 6) is 2.09. The highest BCUT2D eigenvalue weighted by atomic mass is 32.1. The van der Waals surface area contributed by atoms with Crippen molar-refractivity contribution in [3.05, 3.63) is 123 Å². The number of carbonyl (C=O) groups is 1. The quantitative estimate of drug-likeness (QED) is 0.114. The van der Waals surface area contributed by atoms with Gasteiger partial charge in [0.15, 0.2) is 11.5 Å². The maximum absolute atomic E-state index is 12.0. The Kier molecular flexibility index (Phi) is 9.96. The van der Waals surface area contributed by atoms with E-state index in [0.29, 0.717) is 45.9 Å². The van der Waals surface area contributed by atoms with Crippen LogP contribution in [0.15, 0.2) is 88.8 Å². The van der Waals surface area contributed by atoms with E-state index in [1.54, 1.807) is 41.3 Å². The molecule has 6 rings (SSSR count). The number of esters is 1. The highest BCUT2D eigenvalue weighted by molar-refractivity contribution is 7.09. The van der Waals surface area contributed by atoms with Gasteiger partial charge in [0.1, 0.15) is 24.7 Å². The monoisotopic (exact) mass is 662 g/mol. The van der Waals surface area contributed by atoms with Crippen LogP contribution in [0, 0.1) is 6.92 Å². The van der Waals surface area contributed by atoms with Crippen molar-refractivity contribution in [1.82, 2.24) is 19.7 Å². The largest absolute Gasteiger partial charge is 0.492 e. The molecule has 0 aliphatic rings. The summed E-state index contributed by atoms with van der Waals surface area (Å²) in [5, 5.41) is 7.88. The summed E-state index contributed by atoms with van der Waals surface area (Å²) in [4.78, 5) is 21.3. The molecule has 6 aromatic rings. The fraction of sp³-hybridized carbons (Fsp3) is 0.189. The van der Waals surface area contributed by atoms with E-state index in [0.717, 1.165) is 33.9 Å². The number of carbonyl (C=O) groups excluding carboxylic acids is 1. The molecule has 0 atom stereocenters. The van der Waals surface area contributed by atoms with Crippen LogP contribution in [0.2, 0.25) is 0 Å². The average molecular weight is 663 g/mol. The number of aryl methyl sites for hydroxylation is 2. The van der Waals surface area contributed by atoms with E-state index in [1.807, 2.05) is 85.2 Å². The van der Waals surface area contributed by atoms with Crippen molar-refractivity contribution >= 4 is 29.5 Å². The van der Waals surface area contributed by atoms with Crippen molar-refractivity contribution in [2.75, 3.05) is 14.2 Å². The molecule has 11 heteroatoms. The molecule has 0 unspecified atom stereocenters. The molecule has 0 aliphatic heterocycles. The lowest BCUT2D eigenvalue weighted by molar-refractivity contribution is 0.0600. The van der Waals surface area contributed by atoms with Gasteiger partial charge in [-0.25, -0.2) is 19.4 Å². The number of oxazole rings is 1. The van der Waals surface area contributed by atoms with Crippen LogP contribution in [-0.4, -0.2) is 39.9 Å². The van der Waals surface area contributed by atoms with Crippen molar-refractivity contribution in [2.45, 2.75) is 33.5 Å². The molecule has 0 fully saturated rings. The first kappa shape index (κ1) is 32.3. The number of thiazole rings is 1. The van der Waals surface area contributed by atoms with Crippen LogP contribution >= 0.6 is 11.3 Å². The molecule has 0 N–H and O–H groups in total. The molecule has 10 nitrogen and oxygen atoms in total. The molecule has 0 spiro atoms. The predicted octanol–water partition coefficient (Wildman–Crippen LogP) is 7.98. The van der Waals surface area contributed by atoms with Crippen molar-refractivity contribution in [1.29, 1.82) is 0 Å². The SMILES string of the molecule is CCc1nc(C=Cc2cn(-c3ccccc3)nc2OCc2cccc(OCc3nc(-c4cccc(C(=O)OC)c4)oc3C)c2OC)cs1. The molecule has 3 heterocycles. The van der Waals surface area contributed by atoms with Crippen LogP contribution in [0.4, 0.5) is 0 Å². The van der Waals surface area contributed by atoms with Gasteiger partial charge in [-0.1, -0.05) is 43.3 Å². The minimum atomic E-state index is -0.432. The van der Waals surface area contributed by atoms with E-state index in [-0.39, 0.29) is 13.2 Å². The molecule has 48 heavy (non-hydrogen) atoms. The van der Waals surface area contributed by atoms with Crippen LogP contribution in [0.1, 0.15) is 50.6 Å². The molecule has 244 valence electrons. The molecule has 0 saturated carbocycles. The first-order valence-corrected chi connectivity index (χ1v) is 16.2. The van der Waals surface area contributed by atoms with E-state index in [4.69, 9.17) is 28.5 Å². The second-order valence-corrected chi connectivity index (χ2v) is 11.6. The third-order valence-corrected chi connectivity index (χ3v) is 8.46. The van der Waals surface area contributed by atoms with Gasteiger partial charge >= 0.3 is 5.97 Å². The second-order valence-electron chi connectivity index (χ2n) is 10.6. The van der Waals surface area contributed by atoms with Crippen molar-refractivity contribution in [3.63, 3.8) is 0 Å². The highest BCUT2D eigenvalue weighted by Gasteiger charge is 2.18. The minimum Gasteiger partial charge on any atom is -0.492 e. The fourth-order valence-electron chi connectivity index (χ4n) is 4.95. The Hall–Kier alpha value is -5.68. The first-order chi connectivity index (χ1) is 23.4. The smallest absolute Gasteiger partial charge is 0.337 e. The van der Waals surface area contributed by atoms with Crippen LogP contribution in [0.3, 0.4) is 0 Å². The first-order valence-electron chi connectivity index (χ1n) is 15.3. The van der Waals surface area contributed by atoms with Crippen LogP contribution < -0.4 is 14.2 Å². The number of benzene rings is 3. The summed E-state index contributed by atoms with van der Waals surface area (Å²) in [6.45, 7) is 4.24.